The molecule has 5 nitrogen and oxygen atoms in total. The van der Waals surface area contributed by atoms with Crippen molar-refractivity contribution in [2.45, 2.75) is 6.92 Å². The Bertz CT molecular complexity index is 491. The van der Waals surface area contributed by atoms with E-state index >= 15 is 0 Å². The van der Waals surface area contributed by atoms with Gasteiger partial charge in [-0.1, -0.05) is 0 Å². The number of benzene rings is 1. The zero-order valence-corrected chi connectivity index (χ0v) is 7.65. The molecule has 0 atom stereocenters. The molecule has 0 fully saturated rings. The van der Waals surface area contributed by atoms with E-state index in [1.807, 2.05) is 0 Å². The Morgan fingerprint density at radius 3 is 2.60 bits per heavy atom. The Balaban J connectivity index is 3.58. The Morgan fingerprint density at radius 2 is 2.20 bits per heavy atom. The minimum Gasteiger partial charge on any atom is -0.294 e. The molecule has 0 aliphatic carbocycles. The van der Waals surface area contributed by atoms with Crippen molar-refractivity contribution in [3.63, 3.8) is 0 Å². The van der Waals surface area contributed by atoms with Gasteiger partial charge in [-0.05, 0) is 13.0 Å². The first-order valence-corrected chi connectivity index (χ1v) is 3.86. The van der Waals surface area contributed by atoms with Crippen LogP contribution >= 0.6 is 0 Å². The lowest BCUT2D eigenvalue weighted by Crippen LogP contribution is -2.04. The SMILES string of the molecule is CC(=O)c1c(F)cc(C#N)cc1[N+](=O)[O-]. The quantitative estimate of drug-likeness (QED) is 0.421. The van der Waals surface area contributed by atoms with Crippen LogP contribution in [0.15, 0.2) is 12.1 Å². The molecule has 15 heavy (non-hydrogen) atoms. The minimum atomic E-state index is -1.05. The maximum Gasteiger partial charge on any atom is 0.284 e. The summed E-state index contributed by atoms with van der Waals surface area (Å²) >= 11 is 0. The molecule has 0 aliphatic heterocycles. The summed E-state index contributed by atoms with van der Waals surface area (Å²) in [6, 6.07) is 3.24. The average Bonchev–Trinajstić information content (AvgIpc) is 2.15. The molecule has 1 rings (SSSR count). The number of Topliss-reactive ketones (excluding diaryl/α,β-unsaturated/α-hetero) is 1. The van der Waals surface area contributed by atoms with Gasteiger partial charge in [0.2, 0.25) is 0 Å². The summed E-state index contributed by atoms with van der Waals surface area (Å²) < 4.78 is 13.2. The van der Waals surface area contributed by atoms with Crippen LogP contribution in [0.1, 0.15) is 22.8 Å². The maximum absolute atomic E-state index is 13.2. The molecule has 0 aliphatic rings. The molecule has 6 heteroatoms. The van der Waals surface area contributed by atoms with Gasteiger partial charge in [-0.2, -0.15) is 5.26 Å². The Labute approximate surface area is 83.9 Å². The van der Waals surface area contributed by atoms with E-state index in [4.69, 9.17) is 5.26 Å². The van der Waals surface area contributed by atoms with Crippen LogP contribution in [0.5, 0.6) is 0 Å². The summed E-state index contributed by atoms with van der Waals surface area (Å²) in [5.74, 6) is -1.79. The molecule has 1 aromatic rings. The number of nitro benzene ring substituents is 1. The zero-order valence-electron chi connectivity index (χ0n) is 7.65. The topological polar surface area (TPSA) is 84.0 Å². The Morgan fingerprint density at radius 1 is 1.60 bits per heavy atom. The standard InChI is InChI=1S/C9H5FN2O3/c1-5(13)9-7(10)2-6(4-11)3-8(9)12(14)15/h2-3H,1H3. The maximum atomic E-state index is 13.2. The predicted molar refractivity (Wildman–Crippen MR) is 47.8 cm³/mol. The van der Waals surface area contributed by atoms with Gasteiger partial charge in [-0.3, -0.25) is 14.9 Å². The fraction of sp³-hybridized carbons (Fsp3) is 0.111. The highest BCUT2D eigenvalue weighted by molar-refractivity contribution is 5.98. The Hall–Kier alpha value is -2.29. The van der Waals surface area contributed by atoms with E-state index in [1.165, 1.54) is 0 Å². The van der Waals surface area contributed by atoms with Gasteiger partial charge >= 0.3 is 0 Å². The van der Waals surface area contributed by atoms with Gasteiger partial charge in [0.25, 0.3) is 5.69 Å². The summed E-state index contributed by atoms with van der Waals surface area (Å²) in [6.45, 7) is 1.03. The van der Waals surface area contributed by atoms with E-state index in [9.17, 15) is 19.3 Å². The number of hydrogen-bond acceptors (Lipinski definition) is 4. The van der Waals surface area contributed by atoms with E-state index in [2.05, 4.69) is 0 Å². The van der Waals surface area contributed by atoms with Crippen molar-refractivity contribution in [1.82, 2.24) is 0 Å². The van der Waals surface area contributed by atoms with Gasteiger partial charge in [0, 0.05) is 6.07 Å². The summed E-state index contributed by atoms with van der Waals surface area (Å²) in [6.07, 6.45) is 0. The van der Waals surface area contributed by atoms with E-state index in [0.717, 1.165) is 19.1 Å². The highest BCUT2D eigenvalue weighted by Gasteiger charge is 2.23. The minimum absolute atomic E-state index is 0.191. The molecule has 76 valence electrons. The third-order valence-corrected chi connectivity index (χ3v) is 1.75. The largest absolute Gasteiger partial charge is 0.294 e. The number of nitro groups is 1. The van der Waals surface area contributed by atoms with Gasteiger partial charge < -0.3 is 0 Å². The van der Waals surface area contributed by atoms with Gasteiger partial charge in [-0.15, -0.1) is 0 Å². The lowest BCUT2D eigenvalue weighted by Gasteiger charge is -2.00. The molecule has 0 unspecified atom stereocenters. The zero-order chi connectivity index (χ0) is 11.6. The van der Waals surface area contributed by atoms with Crippen molar-refractivity contribution < 1.29 is 14.1 Å². The van der Waals surface area contributed by atoms with Crippen molar-refractivity contribution in [2.24, 2.45) is 0 Å². The molecule has 0 heterocycles. The van der Waals surface area contributed by atoms with Crippen LogP contribution in [0, 0.1) is 27.3 Å². The molecule has 1 aromatic carbocycles. The third kappa shape index (κ3) is 1.96. The lowest BCUT2D eigenvalue weighted by molar-refractivity contribution is -0.385. The number of carbonyl (C=O) groups is 1. The second-order valence-corrected chi connectivity index (χ2v) is 2.78. The number of hydrogen-bond donors (Lipinski definition) is 0. The predicted octanol–water partition coefficient (Wildman–Crippen LogP) is 1.81. The number of nitriles is 1. The molecule has 0 spiro atoms. The second-order valence-electron chi connectivity index (χ2n) is 2.78. The Kier molecular flexibility index (Phi) is 2.76. The second kappa shape index (κ2) is 3.84. The van der Waals surface area contributed by atoms with Gasteiger partial charge in [0.1, 0.15) is 11.4 Å². The molecule has 0 saturated heterocycles. The van der Waals surface area contributed by atoms with Crippen molar-refractivity contribution in [1.29, 1.82) is 5.26 Å². The lowest BCUT2D eigenvalue weighted by atomic mass is 10.1. The molecule has 0 amide bonds. The first-order chi connectivity index (χ1) is 6.97. The van der Waals surface area contributed by atoms with Crippen molar-refractivity contribution >= 4 is 11.5 Å². The highest BCUT2D eigenvalue weighted by Crippen LogP contribution is 2.23. The fourth-order valence-electron chi connectivity index (χ4n) is 1.15. The molecular formula is C9H5FN2O3. The van der Waals surface area contributed by atoms with E-state index in [0.29, 0.717) is 0 Å². The molecular weight excluding hydrogens is 203 g/mol. The fourth-order valence-corrected chi connectivity index (χ4v) is 1.15. The number of carbonyl (C=O) groups excluding carboxylic acids is 1. The van der Waals surface area contributed by atoms with E-state index < -0.39 is 27.8 Å². The molecule has 0 N–H and O–H groups in total. The number of rotatable bonds is 2. The first-order valence-electron chi connectivity index (χ1n) is 3.86. The van der Waals surface area contributed by atoms with E-state index in [-0.39, 0.29) is 5.56 Å². The van der Waals surface area contributed by atoms with Gasteiger partial charge in [0.05, 0.1) is 16.6 Å². The van der Waals surface area contributed by atoms with Crippen molar-refractivity contribution in [3.05, 3.63) is 39.2 Å². The molecule has 0 bridgehead atoms. The average molecular weight is 208 g/mol. The van der Waals surface area contributed by atoms with Crippen LogP contribution < -0.4 is 0 Å². The van der Waals surface area contributed by atoms with Crippen molar-refractivity contribution in [2.75, 3.05) is 0 Å². The van der Waals surface area contributed by atoms with Crippen LogP contribution in [0.3, 0.4) is 0 Å². The van der Waals surface area contributed by atoms with Crippen molar-refractivity contribution in [3.8, 4) is 6.07 Å². The summed E-state index contributed by atoms with van der Waals surface area (Å²) in [7, 11) is 0. The van der Waals surface area contributed by atoms with E-state index in [1.54, 1.807) is 6.07 Å². The van der Waals surface area contributed by atoms with Crippen LogP contribution in [-0.2, 0) is 0 Å². The summed E-state index contributed by atoms with van der Waals surface area (Å²) in [5, 5.41) is 19.0. The highest BCUT2D eigenvalue weighted by atomic mass is 19.1. The summed E-state index contributed by atoms with van der Waals surface area (Å²) in [4.78, 5) is 20.6. The van der Waals surface area contributed by atoms with Crippen LogP contribution in [-0.4, -0.2) is 10.7 Å². The number of halogens is 1. The monoisotopic (exact) mass is 208 g/mol. The van der Waals surface area contributed by atoms with Crippen LogP contribution in [0.2, 0.25) is 0 Å². The van der Waals surface area contributed by atoms with Crippen LogP contribution in [0.4, 0.5) is 10.1 Å². The van der Waals surface area contributed by atoms with Gasteiger partial charge in [0.15, 0.2) is 5.78 Å². The molecule has 0 saturated carbocycles. The molecule has 0 radical (unpaired) electrons. The third-order valence-electron chi connectivity index (χ3n) is 1.75. The number of nitrogens with zero attached hydrogens (tertiary/aromatic N) is 2. The van der Waals surface area contributed by atoms with Gasteiger partial charge in [-0.25, -0.2) is 4.39 Å². The summed E-state index contributed by atoms with van der Waals surface area (Å²) in [5.41, 5.74) is -1.47. The smallest absolute Gasteiger partial charge is 0.284 e. The first kappa shape index (κ1) is 10.8. The normalized spacial score (nSPS) is 9.40. The number of ketones is 1. The van der Waals surface area contributed by atoms with Crippen LogP contribution in [0.25, 0.3) is 0 Å². The molecule has 0 aromatic heterocycles.